The summed E-state index contributed by atoms with van der Waals surface area (Å²) in [5, 5.41) is 1.94. The topological polar surface area (TPSA) is 27.6 Å². The molecule has 0 aromatic heterocycles. The lowest BCUT2D eigenvalue weighted by Crippen LogP contribution is -2.30. The second-order valence-corrected chi connectivity index (χ2v) is 4.09. The maximum absolute atomic E-state index is 4.10. The lowest BCUT2D eigenvalue weighted by molar-refractivity contribution is 0.424. The fourth-order valence-corrected chi connectivity index (χ4v) is 1.66. The van der Waals surface area contributed by atoms with E-state index in [0.29, 0.717) is 6.67 Å². The van der Waals surface area contributed by atoms with Crippen LogP contribution in [0.15, 0.2) is 39.9 Å². The first-order valence-electron chi connectivity index (χ1n) is 4.77. The van der Waals surface area contributed by atoms with Crippen molar-refractivity contribution in [2.24, 2.45) is 4.99 Å². The average Bonchev–Trinajstić information content (AvgIpc) is 2.77. The van der Waals surface area contributed by atoms with Gasteiger partial charge in [0.05, 0.1) is 0 Å². The number of nitrogens with zero attached hydrogens (tertiary/aromatic N) is 2. The Bertz CT molecular complexity index is 329. The SMILES string of the molecule is C=CC(=CC(C)=C(C)N1C=NCN1)SC. The summed E-state index contributed by atoms with van der Waals surface area (Å²) in [7, 11) is 0. The van der Waals surface area contributed by atoms with Gasteiger partial charge in [-0.05, 0) is 31.8 Å². The summed E-state index contributed by atoms with van der Waals surface area (Å²) in [6, 6.07) is 0. The normalized spacial score (nSPS) is 18.1. The van der Waals surface area contributed by atoms with Crippen LogP contribution in [0.25, 0.3) is 0 Å². The van der Waals surface area contributed by atoms with Gasteiger partial charge in [-0.3, -0.25) is 10.0 Å². The summed E-state index contributed by atoms with van der Waals surface area (Å²) in [6.45, 7) is 8.59. The molecule has 0 saturated carbocycles. The molecule has 1 aliphatic heterocycles. The number of rotatable bonds is 4. The first kappa shape index (κ1) is 12.1. The number of hydrazine groups is 1. The summed E-state index contributed by atoms with van der Waals surface area (Å²) in [5.41, 5.74) is 5.50. The van der Waals surface area contributed by atoms with Crippen molar-refractivity contribution < 1.29 is 0 Å². The Morgan fingerprint density at radius 1 is 1.60 bits per heavy atom. The summed E-state index contributed by atoms with van der Waals surface area (Å²) in [6.07, 6.45) is 7.85. The quantitative estimate of drug-likeness (QED) is 0.742. The fraction of sp³-hybridized carbons (Fsp3) is 0.364. The average molecular weight is 223 g/mol. The number of hydrogen-bond donors (Lipinski definition) is 1. The van der Waals surface area contributed by atoms with E-state index < -0.39 is 0 Å². The molecular weight excluding hydrogens is 206 g/mol. The van der Waals surface area contributed by atoms with Gasteiger partial charge in [0, 0.05) is 10.6 Å². The molecule has 0 atom stereocenters. The van der Waals surface area contributed by atoms with Crippen molar-refractivity contribution in [3.8, 4) is 0 Å². The van der Waals surface area contributed by atoms with Gasteiger partial charge in [0.15, 0.2) is 0 Å². The second-order valence-electron chi connectivity index (χ2n) is 3.21. The third-order valence-corrected chi connectivity index (χ3v) is 3.01. The molecule has 0 aliphatic carbocycles. The third kappa shape index (κ3) is 3.25. The Morgan fingerprint density at radius 3 is 2.80 bits per heavy atom. The molecule has 0 aromatic carbocycles. The molecule has 3 nitrogen and oxygen atoms in total. The molecule has 0 saturated heterocycles. The molecule has 0 fully saturated rings. The van der Waals surface area contributed by atoms with Crippen molar-refractivity contribution in [3.05, 3.63) is 34.9 Å². The minimum atomic E-state index is 0.658. The van der Waals surface area contributed by atoms with Crippen molar-refractivity contribution in [2.75, 3.05) is 12.9 Å². The van der Waals surface area contributed by atoms with E-state index in [1.54, 1.807) is 18.1 Å². The van der Waals surface area contributed by atoms with Gasteiger partial charge < -0.3 is 0 Å². The molecule has 0 spiro atoms. The first-order valence-corrected chi connectivity index (χ1v) is 5.99. The summed E-state index contributed by atoms with van der Waals surface area (Å²) < 4.78 is 0. The van der Waals surface area contributed by atoms with Crippen molar-refractivity contribution in [1.29, 1.82) is 0 Å². The smallest absolute Gasteiger partial charge is 0.108 e. The van der Waals surface area contributed by atoms with Crippen molar-refractivity contribution in [3.63, 3.8) is 0 Å². The van der Waals surface area contributed by atoms with E-state index in [2.05, 4.69) is 36.9 Å². The molecule has 15 heavy (non-hydrogen) atoms. The highest BCUT2D eigenvalue weighted by Gasteiger charge is 2.07. The van der Waals surface area contributed by atoms with Gasteiger partial charge in [-0.25, -0.2) is 5.43 Å². The Hall–Kier alpha value is -1.000. The molecule has 0 amide bonds. The third-order valence-electron chi connectivity index (χ3n) is 2.26. The van der Waals surface area contributed by atoms with Gasteiger partial charge in [-0.15, -0.1) is 11.8 Å². The van der Waals surface area contributed by atoms with E-state index in [1.807, 2.05) is 17.3 Å². The van der Waals surface area contributed by atoms with Crippen LogP contribution in [0.3, 0.4) is 0 Å². The Kier molecular flexibility index (Phi) is 4.65. The Labute approximate surface area is 95.6 Å². The largest absolute Gasteiger partial charge is 0.269 e. The Morgan fingerprint density at radius 2 is 2.33 bits per heavy atom. The number of nitrogens with one attached hydrogen (secondary N) is 1. The highest BCUT2D eigenvalue weighted by atomic mass is 32.2. The van der Waals surface area contributed by atoms with Crippen molar-refractivity contribution >= 4 is 18.1 Å². The van der Waals surface area contributed by atoms with Crippen LogP contribution >= 0.6 is 11.8 Å². The van der Waals surface area contributed by atoms with Gasteiger partial charge in [-0.2, -0.15) is 0 Å². The van der Waals surface area contributed by atoms with Crippen molar-refractivity contribution in [1.82, 2.24) is 10.4 Å². The lowest BCUT2D eigenvalue weighted by Gasteiger charge is -2.16. The van der Waals surface area contributed by atoms with Gasteiger partial charge in [-0.1, -0.05) is 12.7 Å². The minimum Gasteiger partial charge on any atom is -0.269 e. The Balaban J connectivity index is 2.83. The molecular formula is C11H17N3S. The van der Waals surface area contributed by atoms with Gasteiger partial charge in [0.2, 0.25) is 0 Å². The summed E-state index contributed by atoms with van der Waals surface area (Å²) in [4.78, 5) is 5.27. The second kappa shape index (κ2) is 5.78. The number of thioether (sulfide) groups is 1. The molecule has 0 aromatic rings. The van der Waals surface area contributed by atoms with Gasteiger partial charge in [0.25, 0.3) is 0 Å². The monoisotopic (exact) mass is 223 g/mol. The van der Waals surface area contributed by atoms with E-state index in [4.69, 9.17) is 0 Å². The van der Waals surface area contributed by atoms with E-state index in [1.165, 1.54) is 10.5 Å². The predicted octanol–water partition coefficient (Wildman–Crippen LogP) is 2.52. The molecule has 1 N–H and O–H groups in total. The van der Waals surface area contributed by atoms with Crippen LogP contribution in [0.5, 0.6) is 0 Å². The molecule has 1 aliphatic rings. The number of aliphatic imine (C=N–C) groups is 1. The first-order chi connectivity index (χ1) is 7.19. The molecule has 0 radical (unpaired) electrons. The van der Waals surface area contributed by atoms with Crippen LogP contribution in [0.4, 0.5) is 0 Å². The highest BCUT2D eigenvalue weighted by Crippen LogP contribution is 2.18. The van der Waals surface area contributed by atoms with Gasteiger partial charge in [0.1, 0.15) is 13.0 Å². The molecule has 1 rings (SSSR count). The van der Waals surface area contributed by atoms with E-state index >= 15 is 0 Å². The molecule has 1 heterocycles. The number of hydrogen-bond acceptors (Lipinski definition) is 4. The zero-order valence-electron chi connectivity index (χ0n) is 9.45. The van der Waals surface area contributed by atoms with Crippen LogP contribution in [0, 0.1) is 0 Å². The summed E-state index contributed by atoms with van der Waals surface area (Å²) >= 11 is 1.69. The molecule has 0 unspecified atom stereocenters. The van der Waals surface area contributed by atoms with Crippen LogP contribution in [0.2, 0.25) is 0 Å². The molecule has 0 bridgehead atoms. The van der Waals surface area contributed by atoms with E-state index in [9.17, 15) is 0 Å². The molecule has 82 valence electrons. The van der Waals surface area contributed by atoms with Crippen LogP contribution < -0.4 is 5.43 Å². The number of allylic oxidation sites excluding steroid dienone is 4. The van der Waals surface area contributed by atoms with Crippen LogP contribution in [0.1, 0.15) is 13.8 Å². The molecule has 4 heteroatoms. The maximum Gasteiger partial charge on any atom is 0.108 e. The summed E-state index contributed by atoms with van der Waals surface area (Å²) in [5.74, 6) is 0. The minimum absolute atomic E-state index is 0.658. The van der Waals surface area contributed by atoms with Crippen LogP contribution in [-0.2, 0) is 0 Å². The van der Waals surface area contributed by atoms with Crippen molar-refractivity contribution in [2.45, 2.75) is 13.8 Å². The highest BCUT2D eigenvalue weighted by molar-refractivity contribution is 8.02. The van der Waals surface area contributed by atoms with Gasteiger partial charge >= 0.3 is 0 Å². The maximum atomic E-state index is 4.10. The zero-order chi connectivity index (χ0) is 11.3. The fourth-order valence-electron chi connectivity index (χ4n) is 1.19. The van der Waals surface area contributed by atoms with E-state index in [-0.39, 0.29) is 0 Å². The lowest BCUT2D eigenvalue weighted by atomic mass is 10.2. The van der Waals surface area contributed by atoms with E-state index in [0.717, 1.165) is 5.70 Å². The standard InChI is InChI=1S/C11H17N3S/c1-5-11(15-4)6-9(2)10(3)14-8-12-7-13-14/h5-6,8,13H,1,7H2,2-4H3. The predicted molar refractivity (Wildman–Crippen MR) is 68.5 cm³/mol. The van der Waals surface area contributed by atoms with Crippen LogP contribution in [-0.4, -0.2) is 24.3 Å². The zero-order valence-corrected chi connectivity index (χ0v) is 10.3.